The number of aromatic nitrogens is 2. The minimum absolute atomic E-state index is 0.0153. The van der Waals surface area contributed by atoms with Gasteiger partial charge in [0, 0.05) is 17.3 Å². The fourth-order valence-electron chi connectivity index (χ4n) is 4.13. The Morgan fingerprint density at radius 1 is 1.31 bits per heavy atom. The standard InChI is InChI=1S/C22H23FN3O2P/c1-12-21(26(22(12)27)14-4-5-17-18(8-14)25-11-24-17)20-16(23)9-15(10-19(20)29)28-7-6-13-2-3-13/h4-5,8-13,21H,2-3,6-7,29H2,1H3,(H,24,25)/t12-,21-/m1/s1. The zero-order chi connectivity index (χ0) is 20.1. The number of nitrogens with one attached hydrogen (secondary N) is 1. The summed E-state index contributed by atoms with van der Waals surface area (Å²) in [4.78, 5) is 21.6. The average Bonchev–Trinajstić information content (AvgIpc) is 3.40. The van der Waals surface area contributed by atoms with Crippen LogP contribution in [0.1, 0.15) is 37.8 Å². The van der Waals surface area contributed by atoms with Gasteiger partial charge >= 0.3 is 0 Å². The van der Waals surface area contributed by atoms with Gasteiger partial charge in [-0.15, -0.1) is 9.24 Å². The lowest BCUT2D eigenvalue weighted by molar-refractivity contribution is -0.129. The number of hydrogen-bond donors (Lipinski definition) is 1. The van der Waals surface area contributed by atoms with Gasteiger partial charge < -0.3 is 14.6 Å². The van der Waals surface area contributed by atoms with E-state index < -0.39 is 0 Å². The minimum atomic E-state index is -0.355. The number of aromatic amines is 1. The molecule has 0 bridgehead atoms. The number of anilines is 1. The van der Waals surface area contributed by atoms with E-state index in [-0.39, 0.29) is 23.7 Å². The monoisotopic (exact) mass is 411 g/mol. The smallest absolute Gasteiger partial charge is 0.232 e. The Morgan fingerprint density at radius 3 is 2.90 bits per heavy atom. The van der Waals surface area contributed by atoms with Crippen molar-refractivity contribution in [2.24, 2.45) is 11.8 Å². The van der Waals surface area contributed by atoms with Crippen LogP contribution in [0.2, 0.25) is 0 Å². The molecule has 1 unspecified atom stereocenters. The van der Waals surface area contributed by atoms with E-state index in [4.69, 9.17) is 4.74 Å². The summed E-state index contributed by atoms with van der Waals surface area (Å²) in [5.41, 5.74) is 2.93. The second-order valence-corrected chi connectivity index (χ2v) is 8.66. The van der Waals surface area contributed by atoms with E-state index in [1.165, 1.54) is 18.9 Å². The number of hydrogen-bond acceptors (Lipinski definition) is 3. The van der Waals surface area contributed by atoms with Crippen LogP contribution in [0.25, 0.3) is 11.0 Å². The van der Waals surface area contributed by atoms with E-state index in [0.717, 1.165) is 34.4 Å². The van der Waals surface area contributed by atoms with Crippen LogP contribution in [0, 0.1) is 17.7 Å². The number of benzene rings is 2. The third kappa shape index (κ3) is 3.29. The summed E-state index contributed by atoms with van der Waals surface area (Å²) in [7, 11) is 2.61. The van der Waals surface area contributed by atoms with Crippen molar-refractivity contribution in [2.75, 3.05) is 11.5 Å². The largest absolute Gasteiger partial charge is 0.493 e. The molecule has 1 saturated carbocycles. The first-order valence-electron chi connectivity index (χ1n) is 10.0. The molecule has 1 aliphatic carbocycles. The van der Waals surface area contributed by atoms with Gasteiger partial charge in [0.1, 0.15) is 11.6 Å². The van der Waals surface area contributed by atoms with Crippen LogP contribution in [0.15, 0.2) is 36.7 Å². The van der Waals surface area contributed by atoms with Gasteiger partial charge in [-0.3, -0.25) is 4.79 Å². The van der Waals surface area contributed by atoms with E-state index in [0.29, 0.717) is 17.9 Å². The lowest BCUT2D eigenvalue weighted by Gasteiger charge is -2.46. The topological polar surface area (TPSA) is 58.2 Å². The van der Waals surface area contributed by atoms with E-state index in [9.17, 15) is 4.79 Å². The first-order chi connectivity index (χ1) is 14.0. The SMILES string of the molecule is C[C@H]1C(=O)N(c2ccc3[nH]cnc3c2)[C@H]1c1c(F)cc(OCCC2CC2)cc1P. The molecule has 7 heteroatoms. The molecular weight excluding hydrogens is 388 g/mol. The maximum atomic E-state index is 15.1. The molecule has 3 aromatic rings. The fraction of sp³-hybridized carbons (Fsp3) is 0.364. The molecule has 1 saturated heterocycles. The Labute approximate surface area is 170 Å². The highest BCUT2D eigenvalue weighted by Crippen LogP contribution is 2.44. The van der Waals surface area contributed by atoms with Crippen molar-refractivity contribution in [3.05, 3.63) is 48.0 Å². The Morgan fingerprint density at radius 2 is 2.14 bits per heavy atom. The second kappa shape index (κ2) is 7.10. The molecule has 150 valence electrons. The molecule has 2 aromatic carbocycles. The molecule has 29 heavy (non-hydrogen) atoms. The van der Waals surface area contributed by atoms with Crippen LogP contribution < -0.4 is 14.9 Å². The van der Waals surface area contributed by atoms with Gasteiger partial charge in [-0.1, -0.05) is 19.8 Å². The third-order valence-electron chi connectivity index (χ3n) is 5.98. The van der Waals surface area contributed by atoms with Crippen molar-refractivity contribution < 1.29 is 13.9 Å². The highest BCUT2D eigenvalue weighted by molar-refractivity contribution is 7.27. The number of carbonyl (C=O) groups is 1. The number of β-lactam (4-membered cyclic amide) rings is 1. The Bertz CT molecular complexity index is 1070. The summed E-state index contributed by atoms with van der Waals surface area (Å²) >= 11 is 0. The summed E-state index contributed by atoms with van der Waals surface area (Å²) in [6, 6.07) is 8.55. The van der Waals surface area contributed by atoms with Crippen LogP contribution >= 0.6 is 9.24 Å². The van der Waals surface area contributed by atoms with E-state index >= 15 is 4.39 Å². The predicted molar refractivity (Wildman–Crippen MR) is 114 cm³/mol. The summed E-state index contributed by atoms with van der Waals surface area (Å²) in [5, 5.41) is 0.724. The summed E-state index contributed by atoms with van der Waals surface area (Å²) in [5.74, 6) is 0.671. The summed E-state index contributed by atoms with van der Waals surface area (Å²) in [6.07, 6.45) is 5.19. The van der Waals surface area contributed by atoms with Gasteiger partial charge in [0.2, 0.25) is 5.91 Å². The first-order valence-corrected chi connectivity index (χ1v) is 10.6. The number of halogens is 1. The van der Waals surface area contributed by atoms with Gasteiger partial charge in [-0.25, -0.2) is 9.37 Å². The van der Waals surface area contributed by atoms with Crippen LogP contribution in [0.3, 0.4) is 0 Å². The molecule has 2 aliphatic rings. The van der Waals surface area contributed by atoms with E-state index in [1.807, 2.05) is 31.2 Å². The zero-order valence-corrected chi connectivity index (χ0v) is 17.3. The molecule has 1 aromatic heterocycles. The van der Waals surface area contributed by atoms with Gasteiger partial charge in [-0.05, 0) is 41.9 Å². The molecule has 3 atom stereocenters. The normalized spacial score (nSPS) is 21.5. The van der Waals surface area contributed by atoms with Crippen LogP contribution in [0.5, 0.6) is 5.75 Å². The van der Waals surface area contributed by atoms with Gasteiger partial charge in [-0.2, -0.15) is 0 Å². The molecule has 5 rings (SSSR count). The van der Waals surface area contributed by atoms with Crippen molar-refractivity contribution >= 4 is 37.2 Å². The number of rotatable bonds is 6. The summed E-state index contributed by atoms with van der Waals surface area (Å²) < 4.78 is 20.9. The van der Waals surface area contributed by atoms with Crippen LogP contribution in [-0.2, 0) is 4.79 Å². The Balaban J connectivity index is 1.43. The van der Waals surface area contributed by atoms with E-state index in [2.05, 4.69) is 19.2 Å². The van der Waals surface area contributed by atoms with Gasteiger partial charge in [0.25, 0.3) is 0 Å². The number of amides is 1. The average molecular weight is 411 g/mol. The van der Waals surface area contributed by atoms with Crippen molar-refractivity contribution in [1.82, 2.24) is 9.97 Å². The van der Waals surface area contributed by atoms with Crippen LogP contribution in [-0.4, -0.2) is 22.5 Å². The molecule has 1 aliphatic heterocycles. The Hall–Kier alpha value is -2.46. The van der Waals surface area contributed by atoms with E-state index in [1.54, 1.807) is 11.2 Å². The van der Waals surface area contributed by atoms with Crippen molar-refractivity contribution in [3.63, 3.8) is 0 Å². The number of carbonyl (C=O) groups excluding carboxylic acids is 1. The van der Waals surface area contributed by atoms with Crippen molar-refractivity contribution in [3.8, 4) is 5.75 Å². The first kappa shape index (κ1) is 18.6. The third-order valence-corrected chi connectivity index (χ3v) is 6.46. The lowest BCUT2D eigenvalue weighted by atomic mass is 9.82. The maximum Gasteiger partial charge on any atom is 0.232 e. The molecular formula is C22H23FN3O2P. The molecule has 5 nitrogen and oxygen atoms in total. The minimum Gasteiger partial charge on any atom is -0.493 e. The molecule has 1 N–H and O–H groups in total. The molecule has 0 radical (unpaired) electrons. The molecule has 0 spiro atoms. The molecule has 1 amide bonds. The lowest BCUT2D eigenvalue weighted by Crippen LogP contribution is -2.55. The van der Waals surface area contributed by atoms with Crippen molar-refractivity contribution in [1.29, 1.82) is 0 Å². The number of nitrogens with zero attached hydrogens (tertiary/aromatic N) is 2. The highest BCUT2D eigenvalue weighted by Gasteiger charge is 2.47. The fourth-order valence-corrected chi connectivity index (χ4v) is 4.60. The zero-order valence-electron chi connectivity index (χ0n) is 16.2. The number of H-pyrrole nitrogens is 1. The highest BCUT2D eigenvalue weighted by atomic mass is 31.0. The molecule has 2 fully saturated rings. The maximum absolute atomic E-state index is 15.1. The Kier molecular flexibility index (Phi) is 4.54. The van der Waals surface area contributed by atoms with Gasteiger partial charge in [0.05, 0.1) is 35.9 Å². The molecule has 2 heterocycles. The summed E-state index contributed by atoms with van der Waals surface area (Å²) in [6.45, 7) is 2.46. The number of imidazole rings is 1. The van der Waals surface area contributed by atoms with Crippen LogP contribution in [0.4, 0.5) is 10.1 Å². The quantitative estimate of drug-likeness (QED) is 0.491. The second-order valence-electron chi connectivity index (χ2n) is 8.03. The van der Waals surface area contributed by atoms with Crippen molar-refractivity contribution in [2.45, 2.75) is 32.2 Å². The number of fused-ring (bicyclic) bond motifs is 1. The predicted octanol–water partition coefficient (Wildman–Crippen LogP) is 4.11. The number of ether oxygens (including phenoxy) is 1. The van der Waals surface area contributed by atoms with Gasteiger partial charge in [0.15, 0.2) is 0 Å².